The van der Waals surface area contributed by atoms with Crippen LogP contribution < -0.4 is 20.3 Å². The summed E-state index contributed by atoms with van der Waals surface area (Å²) in [6.45, 7) is 4.05. The minimum absolute atomic E-state index is 0.243. The van der Waals surface area contributed by atoms with Gasteiger partial charge in [-0.3, -0.25) is 0 Å². The average molecular weight is 398 g/mol. The molecule has 2 aromatic rings. The molecule has 1 aliphatic heterocycles. The van der Waals surface area contributed by atoms with Crippen molar-refractivity contribution in [2.75, 3.05) is 24.5 Å². The van der Waals surface area contributed by atoms with Crippen LogP contribution >= 0.6 is 0 Å². The number of nitrogens with zero attached hydrogens (tertiary/aromatic N) is 2. The van der Waals surface area contributed by atoms with Crippen molar-refractivity contribution in [1.29, 1.82) is 0 Å². The van der Waals surface area contributed by atoms with Gasteiger partial charge >= 0.3 is 12.4 Å². The Hall–Kier alpha value is -2.91. The van der Waals surface area contributed by atoms with E-state index in [1.807, 2.05) is 0 Å². The van der Waals surface area contributed by atoms with Crippen LogP contribution in [-0.2, 0) is 6.54 Å². The van der Waals surface area contributed by atoms with Crippen molar-refractivity contribution >= 4 is 11.7 Å². The molecule has 0 saturated carbocycles. The number of urea groups is 1. The zero-order valence-corrected chi connectivity index (χ0v) is 15.3. The van der Waals surface area contributed by atoms with E-state index in [9.17, 15) is 18.0 Å². The molecule has 1 saturated heterocycles. The van der Waals surface area contributed by atoms with Crippen molar-refractivity contribution in [3.05, 3.63) is 42.1 Å². The number of aromatic nitrogens is 1. The normalized spacial score (nSPS) is 16.9. The van der Waals surface area contributed by atoms with Gasteiger partial charge in [0.05, 0.1) is 6.54 Å². The molecule has 1 aromatic carbocycles. The number of aryl methyl sites for hydroxylation is 1. The van der Waals surface area contributed by atoms with Crippen LogP contribution in [0.3, 0.4) is 0 Å². The summed E-state index contributed by atoms with van der Waals surface area (Å²) in [5, 5.41) is 5.56. The molecule has 0 spiro atoms. The number of carbonyl (C=O) groups is 1. The van der Waals surface area contributed by atoms with E-state index in [1.165, 1.54) is 18.5 Å². The van der Waals surface area contributed by atoms with Gasteiger partial charge in [-0.15, -0.1) is 13.2 Å². The van der Waals surface area contributed by atoms with Gasteiger partial charge in [0.25, 0.3) is 0 Å². The van der Waals surface area contributed by atoms with E-state index in [-0.39, 0.29) is 24.2 Å². The minimum atomic E-state index is -4.70. The fourth-order valence-corrected chi connectivity index (χ4v) is 3.05. The number of rotatable bonds is 6. The molecular weight excluding hydrogens is 377 g/mol. The van der Waals surface area contributed by atoms with Gasteiger partial charge in [0.2, 0.25) is 0 Å². The molecule has 1 fully saturated rings. The summed E-state index contributed by atoms with van der Waals surface area (Å²) >= 11 is 0. The molecule has 2 heterocycles. The quantitative estimate of drug-likeness (QED) is 0.781. The summed E-state index contributed by atoms with van der Waals surface area (Å²) in [6.07, 6.45) is -2.48. The SMILES string of the molecule is Cc1ocnc1CNC(=O)NCC1CCN(c2ccc(OC(F)(F)F)cc2)C1. The number of hydrogen-bond donors (Lipinski definition) is 2. The molecule has 10 heteroatoms. The van der Waals surface area contributed by atoms with Crippen LogP contribution in [0, 0.1) is 12.8 Å². The van der Waals surface area contributed by atoms with Gasteiger partial charge in [0.1, 0.15) is 17.2 Å². The standard InChI is InChI=1S/C18H21F3N4O3/c1-12-16(24-11-27-12)9-23-17(26)22-8-13-6-7-25(10-13)14-2-4-15(5-3-14)28-18(19,20)21/h2-5,11,13H,6-10H2,1H3,(H2,22,23,26). The fraction of sp³-hybridized carbons (Fsp3) is 0.444. The van der Waals surface area contributed by atoms with Crippen LogP contribution in [0.15, 0.2) is 35.1 Å². The maximum atomic E-state index is 12.2. The molecular formula is C18H21F3N4O3. The van der Waals surface area contributed by atoms with E-state index in [4.69, 9.17) is 4.42 Å². The van der Waals surface area contributed by atoms with Gasteiger partial charge in [-0.05, 0) is 43.5 Å². The Bertz CT molecular complexity index is 792. The van der Waals surface area contributed by atoms with Gasteiger partial charge < -0.3 is 24.7 Å². The van der Waals surface area contributed by atoms with Crippen LogP contribution in [0.4, 0.5) is 23.7 Å². The number of ether oxygens (including phenoxy) is 1. The van der Waals surface area contributed by atoms with E-state index in [0.717, 1.165) is 18.7 Å². The summed E-state index contributed by atoms with van der Waals surface area (Å²) in [6, 6.07) is 5.52. The molecule has 28 heavy (non-hydrogen) atoms. The molecule has 2 amide bonds. The first-order chi connectivity index (χ1) is 13.3. The highest BCUT2D eigenvalue weighted by Gasteiger charge is 2.31. The van der Waals surface area contributed by atoms with Crippen LogP contribution in [0.1, 0.15) is 17.9 Å². The Morgan fingerprint density at radius 2 is 2.07 bits per heavy atom. The van der Waals surface area contributed by atoms with E-state index in [0.29, 0.717) is 24.5 Å². The fourth-order valence-electron chi connectivity index (χ4n) is 3.05. The number of alkyl halides is 3. The second-order valence-electron chi connectivity index (χ2n) is 6.56. The van der Waals surface area contributed by atoms with Gasteiger partial charge in [-0.25, -0.2) is 9.78 Å². The van der Waals surface area contributed by atoms with Crippen LogP contribution in [-0.4, -0.2) is 37.0 Å². The Kier molecular flexibility index (Phi) is 5.96. The third kappa shape index (κ3) is 5.54. The molecule has 1 atom stereocenters. The predicted molar refractivity (Wildman–Crippen MR) is 94.9 cm³/mol. The lowest BCUT2D eigenvalue weighted by Gasteiger charge is -2.19. The summed E-state index contributed by atoms with van der Waals surface area (Å²) in [7, 11) is 0. The minimum Gasteiger partial charge on any atom is -0.448 e. The summed E-state index contributed by atoms with van der Waals surface area (Å²) in [5.41, 5.74) is 1.50. The molecule has 0 aliphatic carbocycles. The summed E-state index contributed by atoms with van der Waals surface area (Å²) in [4.78, 5) is 18.0. The molecule has 3 rings (SSSR count). The molecule has 0 radical (unpaired) electrons. The number of carbonyl (C=O) groups excluding carboxylic acids is 1. The number of amides is 2. The molecule has 7 nitrogen and oxygen atoms in total. The van der Waals surface area contributed by atoms with Gasteiger partial charge in [-0.1, -0.05) is 0 Å². The first-order valence-electron chi connectivity index (χ1n) is 8.81. The Balaban J connectivity index is 1.41. The molecule has 1 aliphatic rings. The Morgan fingerprint density at radius 1 is 1.32 bits per heavy atom. The summed E-state index contributed by atoms with van der Waals surface area (Å²) in [5.74, 6) is 0.678. The van der Waals surface area contributed by atoms with Crippen LogP contribution in [0.2, 0.25) is 0 Å². The Morgan fingerprint density at radius 3 is 2.71 bits per heavy atom. The predicted octanol–water partition coefficient (Wildman–Crippen LogP) is 3.21. The van der Waals surface area contributed by atoms with Gasteiger partial charge in [-0.2, -0.15) is 0 Å². The highest BCUT2D eigenvalue weighted by Crippen LogP contribution is 2.28. The van der Waals surface area contributed by atoms with E-state index in [2.05, 4.69) is 25.3 Å². The lowest BCUT2D eigenvalue weighted by atomic mass is 10.1. The smallest absolute Gasteiger partial charge is 0.448 e. The first kappa shape index (κ1) is 19.8. The molecule has 2 N–H and O–H groups in total. The molecule has 1 aromatic heterocycles. The van der Waals surface area contributed by atoms with Gasteiger partial charge in [0.15, 0.2) is 6.39 Å². The number of hydrogen-bond acceptors (Lipinski definition) is 5. The maximum Gasteiger partial charge on any atom is 0.573 e. The monoisotopic (exact) mass is 398 g/mol. The number of nitrogens with one attached hydrogen (secondary N) is 2. The third-order valence-electron chi connectivity index (χ3n) is 4.53. The highest BCUT2D eigenvalue weighted by molar-refractivity contribution is 5.73. The van der Waals surface area contributed by atoms with Gasteiger partial charge in [0, 0.05) is 25.3 Å². The number of oxazole rings is 1. The molecule has 1 unspecified atom stereocenters. The first-order valence-corrected chi connectivity index (χ1v) is 8.81. The lowest BCUT2D eigenvalue weighted by molar-refractivity contribution is -0.274. The van der Waals surface area contributed by atoms with Crippen molar-refractivity contribution in [1.82, 2.24) is 15.6 Å². The average Bonchev–Trinajstić information content (AvgIpc) is 3.26. The van der Waals surface area contributed by atoms with Crippen molar-refractivity contribution in [2.45, 2.75) is 26.3 Å². The van der Waals surface area contributed by atoms with Crippen molar-refractivity contribution in [3.8, 4) is 5.75 Å². The third-order valence-corrected chi connectivity index (χ3v) is 4.53. The van der Waals surface area contributed by atoms with Crippen molar-refractivity contribution < 1.29 is 27.1 Å². The van der Waals surface area contributed by atoms with Crippen LogP contribution in [0.25, 0.3) is 0 Å². The largest absolute Gasteiger partial charge is 0.573 e. The van der Waals surface area contributed by atoms with Crippen molar-refractivity contribution in [3.63, 3.8) is 0 Å². The topological polar surface area (TPSA) is 79.6 Å². The van der Waals surface area contributed by atoms with E-state index >= 15 is 0 Å². The van der Waals surface area contributed by atoms with E-state index < -0.39 is 6.36 Å². The maximum absolute atomic E-state index is 12.2. The van der Waals surface area contributed by atoms with E-state index in [1.54, 1.807) is 19.1 Å². The molecule has 152 valence electrons. The zero-order valence-electron chi connectivity index (χ0n) is 15.3. The lowest BCUT2D eigenvalue weighted by Crippen LogP contribution is -2.38. The highest BCUT2D eigenvalue weighted by atomic mass is 19.4. The number of halogens is 3. The second-order valence-corrected chi connectivity index (χ2v) is 6.56. The zero-order chi connectivity index (χ0) is 20.1. The van der Waals surface area contributed by atoms with Crippen LogP contribution in [0.5, 0.6) is 5.75 Å². The summed E-state index contributed by atoms with van der Waals surface area (Å²) < 4.78 is 45.6. The molecule has 0 bridgehead atoms. The van der Waals surface area contributed by atoms with Crippen molar-refractivity contribution in [2.24, 2.45) is 5.92 Å². The second kappa shape index (κ2) is 8.41. The number of anilines is 1. The number of benzene rings is 1. The Labute approximate surface area is 159 Å².